The van der Waals surface area contributed by atoms with Crippen LogP contribution in [0.4, 0.5) is 0 Å². The summed E-state index contributed by atoms with van der Waals surface area (Å²) in [7, 11) is 0. The molecule has 1 heterocycles. The van der Waals surface area contributed by atoms with Crippen molar-refractivity contribution >= 4 is 26.1 Å². The second-order valence-corrected chi connectivity index (χ2v) is 2.47. The van der Waals surface area contributed by atoms with Gasteiger partial charge in [-0.25, -0.2) is 0 Å². The molecule has 0 aliphatic carbocycles. The van der Waals surface area contributed by atoms with Gasteiger partial charge in [-0.1, -0.05) is 0 Å². The molecule has 30 valence electrons. The van der Waals surface area contributed by atoms with Gasteiger partial charge in [0.2, 0.25) is 0 Å². The molecule has 0 atom stereocenters. The summed E-state index contributed by atoms with van der Waals surface area (Å²) in [5.41, 5.74) is 0. The molecule has 0 aliphatic heterocycles. The van der Waals surface area contributed by atoms with Gasteiger partial charge in [0, 0.05) is 0 Å². The first-order chi connectivity index (χ1) is 2.89. The maximum absolute atomic E-state index is 3.44. The first-order valence-electron chi connectivity index (χ1n) is 1.26. The van der Waals surface area contributed by atoms with E-state index < -0.39 is 0 Å². The molecule has 0 amide bonds. The third kappa shape index (κ3) is 0.699. The van der Waals surface area contributed by atoms with E-state index in [4.69, 9.17) is 0 Å². The zero-order valence-corrected chi connectivity index (χ0v) is 7.30. The molecule has 0 N–H and O–H groups in total. The summed E-state index contributed by atoms with van der Waals surface area (Å²) < 4.78 is 1.44. The van der Waals surface area contributed by atoms with Crippen LogP contribution in [-0.2, 0) is 0 Å². The Morgan fingerprint density at radius 3 is 1.83 bits per heavy atom. The molecule has 0 aliphatic rings. The summed E-state index contributed by atoms with van der Waals surface area (Å²) in [5, 5.41) is 13.3. The Morgan fingerprint density at radius 1 is 1.17 bits per heavy atom. The molecule has 0 bridgehead atoms. The zero-order valence-electron chi connectivity index (χ0n) is 2.81. The molecular weight excluding hydrogens is 277 g/mol. The first kappa shape index (κ1) is 4.09. The summed E-state index contributed by atoms with van der Waals surface area (Å²) in [6, 6.07) is 0. The maximum atomic E-state index is 3.44. The van der Waals surface area contributed by atoms with Crippen molar-refractivity contribution < 1.29 is 0 Å². The molecular formula is HN5Pb. The summed E-state index contributed by atoms with van der Waals surface area (Å²) >= 11 is 0.588. The molecule has 0 saturated heterocycles. The Bertz CT molecular complexity index is 107. The van der Waals surface area contributed by atoms with Crippen LogP contribution >= 0.6 is 0 Å². The van der Waals surface area contributed by atoms with Crippen molar-refractivity contribution in [2.75, 3.05) is 0 Å². The van der Waals surface area contributed by atoms with Crippen molar-refractivity contribution in [3.63, 3.8) is 0 Å². The molecule has 0 spiro atoms. The molecule has 2 radical (unpaired) electrons. The third-order valence-corrected chi connectivity index (χ3v) is 1.11. The molecule has 6 heteroatoms. The van der Waals surface area contributed by atoms with E-state index in [0.717, 1.165) is 0 Å². The van der Waals surface area contributed by atoms with Crippen LogP contribution in [0.1, 0.15) is 0 Å². The third-order valence-electron chi connectivity index (χ3n) is 0.303. The van der Waals surface area contributed by atoms with Gasteiger partial charge in [0.1, 0.15) is 0 Å². The van der Waals surface area contributed by atoms with Crippen molar-refractivity contribution in [2.45, 2.75) is 0 Å². The SMILES string of the molecule is [PbH][n]1nnnn1. The fourth-order valence-corrected chi connectivity index (χ4v) is 0.495. The predicted octanol–water partition coefficient (Wildman–Crippen LogP) is -2.27. The molecule has 5 nitrogen and oxygen atoms in total. The Labute approximate surface area is 49.8 Å². The van der Waals surface area contributed by atoms with Crippen LogP contribution in [0.15, 0.2) is 0 Å². The van der Waals surface area contributed by atoms with E-state index in [1.165, 1.54) is 2.61 Å². The van der Waals surface area contributed by atoms with Crippen LogP contribution in [-0.4, -0.2) is 49.5 Å². The van der Waals surface area contributed by atoms with Gasteiger partial charge >= 0.3 is 49.5 Å². The van der Waals surface area contributed by atoms with Crippen LogP contribution in [0, 0.1) is 0 Å². The van der Waals surface area contributed by atoms with Crippen molar-refractivity contribution in [3.8, 4) is 0 Å². The Morgan fingerprint density at radius 2 is 1.67 bits per heavy atom. The summed E-state index contributed by atoms with van der Waals surface area (Å²) in [5.74, 6) is 0. The van der Waals surface area contributed by atoms with E-state index in [2.05, 4.69) is 20.9 Å². The van der Waals surface area contributed by atoms with E-state index in [9.17, 15) is 0 Å². The monoisotopic (exact) mass is 279 g/mol. The van der Waals surface area contributed by atoms with Gasteiger partial charge in [-0.2, -0.15) is 0 Å². The van der Waals surface area contributed by atoms with E-state index >= 15 is 0 Å². The van der Waals surface area contributed by atoms with Crippen LogP contribution in [0.2, 0.25) is 0 Å². The van der Waals surface area contributed by atoms with Crippen LogP contribution in [0.25, 0.3) is 0 Å². The van der Waals surface area contributed by atoms with Gasteiger partial charge in [-0.05, 0) is 0 Å². The summed E-state index contributed by atoms with van der Waals surface area (Å²) in [6.07, 6.45) is 0. The number of hydrogen-bond donors (Lipinski definition) is 0. The summed E-state index contributed by atoms with van der Waals surface area (Å²) in [6.45, 7) is 0. The van der Waals surface area contributed by atoms with Crippen molar-refractivity contribution in [1.29, 1.82) is 0 Å². The minimum atomic E-state index is 0.588. The topological polar surface area (TPSA) is 56.5 Å². The first-order valence-corrected chi connectivity index (χ1v) is 3.27. The number of rotatable bonds is 0. The molecule has 0 saturated carbocycles. The quantitative estimate of drug-likeness (QED) is 0.502. The second-order valence-electron chi connectivity index (χ2n) is 0.678. The average molecular weight is 278 g/mol. The molecule has 0 fully saturated rings. The van der Waals surface area contributed by atoms with E-state index in [1.807, 2.05) is 0 Å². The van der Waals surface area contributed by atoms with Crippen molar-refractivity contribution in [3.05, 3.63) is 0 Å². The zero-order chi connectivity index (χ0) is 4.41. The Kier molecular flexibility index (Phi) is 1.08. The van der Waals surface area contributed by atoms with Gasteiger partial charge < -0.3 is 0 Å². The predicted molar refractivity (Wildman–Crippen MR) is 18.2 cm³/mol. The molecule has 1 aromatic heterocycles. The molecule has 1 rings (SSSR count). The van der Waals surface area contributed by atoms with Gasteiger partial charge in [0.05, 0.1) is 0 Å². The fourth-order valence-electron chi connectivity index (χ4n) is 0.136. The second kappa shape index (κ2) is 1.58. The molecule has 0 aromatic carbocycles. The summed E-state index contributed by atoms with van der Waals surface area (Å²) in [4.78, 5) is 0. The van der Waals surface area contributed by atoms with Gasteiger partial charge in [0.25, 0.3) is 0 Å². The normalized spacial score (nSPS) is 8.83. The van der Waals surface area contributed by atoms with Crippen LogP contribution in [0.5, 0.6) is 0 Å². The van der Waals surface area contributed by atoms with Crippen molar-refractivity contribution in [1.82, 2.24) is 23.5 Å². The Balaban J connectivity index is 3.05. The molecule has 0 unspecified atom stereocenters. The van der Waals surface area contributed by atoms with E-state index in [0.29, 0.717) is 26.1 Å². The van der Waals surface area contributed by atoms with Crippen LogP contribution < -0.4 is 0 Å². The van der Waals surface area contributed by atoms with Gasteiger partial charge in [-0.15, -0.1) is 0 Å². The number of nitrogens with zero attached hydrogens (tertiary/aromatic N) is 5. The Hall–Kier alpha value is -0.0779. The number of aromatic nitrogens is 5. The average Bonchev–Trinajstić information content (AvgIpc) is 1.86. The van der Waals surface area contributed by atoms with Gasteiger partial charge in [0.15, 0.2) is 0 Å². The number of hydrogen-bond acceptors (Lipinski definition) is 4. The standard InChI is InChI=1S/N5.Pb.H/c1-2-4-5-3-1;;/q-1;+1;. The van der Waals surface area contributed by atoms with E-state index in [1.54, 1.807) is 0 Å². The molecule has 1 aromatic rings. The fraction of sp³-hybridized carbons (Fsp3) is 0. The minimum absolute atomic E-state index is 0.588. The van der Waals surface area contributed by atoms with E-state index in [-0.39, 0.29) is 0 Å². The van der Waals surface area contributed by atoms with Crippen molar-refractivity contribution in [2.24, 2.45) is 0 Å². The van der Waals surface area contributed by atoms with Gasteiger partial charge in [-0.3, -0.25) is 0 Å². The van der Waals surface area contributed by atoms with Crippen LogP contribution in [0.3, 0.4) is 0 Å². The molecule has 6 heavy (non-hydrogen) atoms.